The maximum atomic E-state index is 12.4. The Hall–Kier alpha value is -4.53. The summed E-state index contributed by atoms with van der Waals surface area (Å²) in [5, 5.41) is 0.935. The molecule has 1 fully saturated rings. The summed E-state index contributed by atoms with van der Waals surface area (Å²) in [6.07, 6.45) is 1.59. The van der Waals surface area contributed by atoms with Crippen LogP contribution in [0.2, 0.25) is 0 Å². The van der Waals surface area contributed by atoms with Crippen molar-refractivity contribution in [1.82, 2.24) is 4.57 Å². The smallest absolute Gasteiger partial charge is 0.303 e. The number of aromatic nitrogens is 1. The van der Waals surface area contributed by atoms with E-state index in [0.29, 0.717) is 12.8 Å². The number of benzene rings is 2. The van der Waals surface area contributed by atoms with Gasteiger partial charge in [0, 0.05) is 39.3 Å². The molecule has 1 saturated heterocycles. The van der Waals surface area contributed by atoms with Crippen molar-refractivity contribution in [1.29, 1.82) is 0 Å². The highest BCUT2D eigenvalue weighted by Gasteiger charge is 2.53. The van der Waals surface area contributed by atoms with Crippen molar-refractivity contribution in [3.05, 3.63) is 77.0 Å². The van der Waals surface area contributed by atoms with Crippen LogP contribution < -0.4 is 0 Å². The third kappa shape index (κ3) is 10.2. The molecule has 13 nitrogen and oxygen atoms in total. The fourth-order valence-electron chi connectivity index (χ4n) is 5.81. The average Bonchev–Trinajstić information content (AvgIpc) is 3.36. The Balaban J connectivity index is 1.72. The molecule has 4 rings (SSSR count). The van der Waals surface area contributed by atoms with E-state index in [-0.39, 0.29) is 13.2 Å². The maximum absolute atomic E-state index is 12.4. The molecule has 0 aliphatic carbocycles. The van der Waals surface area contributed by atoms with Crippen LogP contribution in [0.4, 0.5) is 0 Å². The molecule has 3 aromatic rings. The van der Waals surface area contributed by atoms with Crippen molar-refractivity contribution in [2.24, 2.45) is 0 Å². The minimum Gasteiger partial charge on any atom is -0.463 e. The Kier molecular flexibility index (Phi) is 12.4. The molecular weight excluding hydrogens is 658 g/mol. The Labute approximate surface area is 285 Å². The Morgan fingerprint density at radius 3 is 2.10 bits per heavy atom. The van der Waals surface area contributed by atoms with Gasteiger partial charge in [0.1, 0.15) is 12.7 Å². The van der Waals surface area contributed by atoms with Gasteiger partial charge in [-0.1, -0.05) is 48.6 Å². The minimum atomic E-state index is -3.48. The summed E-state index contributed by atoms with van der Waals surface area (Å²) in [7, 11) is -3.48. The van der Waals surface area contributed by atoms with E-state index in [1.54, 1.807) is 4.57 Å². The van der Waals surface area contributed by atoms with Gasteiger partial charge in [-0.3, -0.25) is 23.4 Å². The summed E-state index contributed by atoms with van der Waals surface area (Å²) in [5.41, 5.74) is 4.59. The molecule has 0 spiro atoms. The number of ether oxygens (including phenoxy) is 5. The molecule has 2 heterocycles. The molecule has 0 unspecified atom stereocenters. The molecule has 0 bridgehead atoms. The van der Waals surface area contributed by atoms with Crippen LogP contribution in [0.1, 0.15) is 62.6 Å². The lowest BCUT2D eigenvalue weighted by molar-refractivity contribution is -0.267. The van der Waals surface area contributed by atoms with Gasteiger partial charge in [0.25, 0.3) is 10.1 Å². The molecule has 0 N–H and O–H groups in total. The van der Waals surface area contributed by atoms with Crippen molar-refractivity contribution in [3.8, 4) is 0 Å². The molecule has 1 aromatic heterocycles. The third-order valence-corrected chi connectivity index (χ3v) is 8.25. The van der Waals surface area contributed by atoms with Gasteiger partial charge in [0.15, 0.2) is 24.5 Å². The first-order valence-electron chi connectivity index (χ1n) is 15.6. The lowest BCUT2D eigenvalue weighted by atomic mass is 9.97. The van der Waals surface area contributed by atoms with Crippen LogP contribution in [0.3, 0.4) is 0 Å². The number of rotatable bonds is 13. The summed E-state index contributed by atoms with van der Waals surface area (Å²) >= 11 is 0. The molecule has 0 radical (unpaired) electrons. The van der Waals surface area contributed by atoms with E-state index in [9.17, 15) is 27.6 Å². The van der Waals surface area contributed by atoms with Crippen molar-refractivity contribution < 1.29 is 55.5 Å². The van der Waals surface area contributed by atoms with E-state index in [1.807, 2.05) is 67.7 Å². The van der Waals surface area contributed by atoms with Gasteiger partial charge >= 0.3 is 23.9 Å². The predicted octanol–water partition coefficient (Wildman–Crippen LogP) is 4.18. The topological polar surface area (TPSA) is 163 Å². The molecule has 0 amide bonds. The van der Waals surface area contributed by atoms with E-state index in [2.05, 4.69) is 0 Å². The fraction of sp³-hybridized carbons (Fsp3) is 0.429. The first-order chi connectivity index (χ1) is 23.1. The zero-order valence-corrected chi connectivity index (χ0v) is 29.1. The lowest BCUT2D eigenvalue weighted by Crippen LogP contribution is -2.60. The monoisotopic (exact) mass is 699 g/mol. The van der Waals surface area contributed by atoms with E-state index < -0.39 is 64.6 Å². The fourth-order valence-corrected chi connectivity index (χ4v) is 6.21. The summed E-state index contributed by atoms with van der Waals surface area (Å²) in [6.45, 7) is 6.50. The first-order valence-corrected chi connectivity index (χ1v) is 17.4. The highest BCUT2D eigenvalue weighted by atomic mass is 32.2. The molecule has 14 heteroatoms. The molecule has 1 aliphatic rings. The first kappa shape index (κ1) is 37.3. The van der Waals surface area contributed by atoms with Gasteiger partial charge in [-0.05, 0) is 48.1 Å². The van der Waals surface area contributed by atoms with Crippen LogP contribution >= 0.6 is 0 Å². The number of nitrogens with zero attached hydrogens (tertiary/aromatic N) is 1. The summed E-state index contributed by atoms with van der Waals surface area (Å²) in [5.74, 6) is -2.69. The van der Waals surface area contributed by atoms with Gasteiger partial charge < -0.3 is 28.3 Å². The lowest BCUT2D eigenvalue weighted by Gasteiger charge is -2.44. The zero-order valence-electron chi connectivity index (χ0n) is 28.2. The minimum absolute atomic E-state index is 0.0659. The van der Waals surface area contributed by atoms with Gasteiger partial charge in [0.2, 0.25) is 0 Å². The van der Waals surface area contributed by atoms with Crippen LogP contribution in [0, 0.1) is 6.92 Å². The Morgan fingerprint density at radius 2 is 1.49 bits per heavy atom. The third-order valence-electron chi connectivity index (χ3n) is 7.65. The standard InChI is InChI=1S/C35H41NO12S/c1-21-10-9-12-29-31(21)28(18-27-15-13-26(14-16-27)11-7-8-17-44-49(6,41)42)19-36(29)35-34(47-25(5)40)33(46-24(4)39)32(45-23(3)38)30(48-35)20-43-22(2)37/h7,9-16,19,30,32-35H,8,17-18,20H2,1-6H3/b11-7+/t30-,32-,33+,34-,35-/m1/s1. The largest absolute Gasteiger partial charge is 0.463 e. The molecule has 0 saturated carbocycles. The van der Waals surface area contributed by atoms with Gasteiger partial charge in [-0.15, -0.1) is 0 Å². The number of fused-ring (bicyclic) bond motifs is 1. The van der Waals surface area contributed by atoms with Crippen LogP contribution in [-0.4, -0.2) is 80.7 Å². The predicted molar refractivity (Wildman–Crippen MR) is 178 cm³/mol. The van der Waals surface area contributed by atoms with Crippen LogP contribution in [0.25, 0.3) is 17.0 Å². The van der Waals surface area contributed by atoms with Crippen molar-refractivity contribution in [2.75, 3.05) is 19.5 Å². The number of hydrogen-bond acceptors (Lipinski definition) is 12. The van der Waals surface area contributed by atoms with Gasteiger partial charge in [0.05, 0.1) is 18.4 Å². The highest BCUT2D eigenvalue weighted by Crippen LogP contribution is 2.38. The van der Waals surface area contributed by atoms with Crippen LogP contribution in [0.5, 0.6) is 0 Å². The molecule has 2 aromatic carbocycles. The number of carbonyl (C=O) groups is 4. The SMILES string of the molecule is CC(=O)OC[C@H]1O[C@@H](n2cc(Cc3ccc(/C=C/CCOS(C)(=O)=O)cc3)c3c(C)cccc32)[C@H](OC(C)=O)[C@@H](OC(C)=O)[C@@H]1OC(C)=O. The van der Waals surface area contributed by atoms with Crippen LogP contribution in [-0.2, 0) is 63.6 Å². The molecule has 5 atom stereocenters. The number of aryl methyl sites for hydroxylation is 1. The second-order valence-electron chi connectivity index (χ2n) is 11.8. The van der Waals surface area contributed by atoms with Crippen molar-refractivity contribution >= 4 is 51.0 Å². The summed E-state index contributed by atoms with van der Waals surface area (Å²) in [6, 6.07) is 13.6. The molecular formula is C35H41NO12S. The maximum Gasteiger partial charge on any atom is 0.303 e. The van der Waals surface area contributed by atoms with E-state index in [4.69, 9.17) is 27.9 Å². The van der Waals surface area contributed by atoms with E-state index >= 15 is 0 Å². The normalized spacial score (nSPS) is 21.0. The second-order valence-corrected chi connectivity index (χ2v) is 13.4. The van der Waals surface area contributed by atoms with Gasteiger partial charge in [-0.2, -0.15) is 8.42 Å². The van der Waals surface area contributed by atoms with E-state index in [1.165, 1.54) is 27.7 Å². The Bertz CT molecular complexity index is 1810. The summed E-state index contributed by atoms with van der Waals surface area (Å²) in [4.78, 5) is 48.7. The number of carbonyl (C=O) groups excluding carboxylic acids is 4. The Morgan fingerprint density at radius 1 is 0.857 bits per heavy atom. The quantitative estimate of drug-likeness (QED) is 0.108. The molecule has 264 valence electrons. The molecule has 1 aliphatic heterocycles. The molecule has 49 heavy (non-hydrogen) atoms. The van der Waals surface area contributed by atoms with Gasteiger partial charge in [-0.25, -0.2) is 0 Å². The van der Waals surface area contributed by atoms with Crippen LogP contribution in [0.15, 0.2) is 54.7 Å². The number of esters is 4. The van der Waals surface area contributed by atoms with Crippen molar-refractivity contribution in [2.45, 2.75) is 78.1 Å². The highest BCUT2D eigenvalue weighted by molar-refractivity contribution is 7.85. The van der Waals surface area contributed by atoms with Crippen molar-refractivity contribution in [3.63, 3.8) is 0 Å². The second kappa shape index (κ2) is 16.2. The summed E-state index contributed by atoms with van der Waals surface area (Å²) < 4.78 is 57.5. The zero-order chi connectivity index (χ0) is 35.9. The number of hydrogen-bond donors (Lipinski definition) is 0. The van der Waals surface area contributed by atoms with E-state index in [0.717, 1.165) is 39.4 Å². The average molecular weight is 700 g/mol.